The number of aromatic nitrogens is 2. The Labute approximate surface area is 185 Å². The number of benzene rings is 1. The molecule has 4 rings (SSSR count). The summed E-state index contributed by atoms with van der Waals surface area (Å²) in [5, 5.41) is 0. The molecular weight excluding hydrogens is 414 g/mol. The van der Waals surface area contributed by atoms with E-state index >= 15 is 0 Å². The zero-order valence-electron chi connectivity index (χ0n) is 19.2. The number of ether oxygens (including phenoxy) is 2. The topological polar surface area (TPSA) is 97.3 Å². The highest BCUT2D eigenvalue weighted by molar-refractivity contribution is 6.20. The number of aliphatic imine (C=N–C) groups is 1. The molecule has 0 radical (unpaired) electrons. The molecule has 2 aromatic rings. The number of nitrogens with zero attached hydrogens (tertiary/aromatic N) is 5. The van der Waals surface area contributed by atoms with Gasteiger partial charge in [-0.3, -0.25) is 14.5 Å². The van der Waals surface area contributed by atoms with Crippen LogP contribution in [0.5, 0.6) is 11.5 Å². The van der Waals surface area contributed by atoms with Gasteiger partial charge in [-0.15, -0.1) is 0 Å². The molecule has 2 unspecified atom stereocenters. The number of ketones is 1. The van der Waals surface area contributed by atoms with E-state index in [1.54, 1.807) is 44.9 Å². The third kappa shape index (κ3) is 2.82. The van der Waals surface area contributed by atoms with E-state index in [0.29, 0.717) is 29.0 Å². The van der Waals surface area contributed by atoms with Crippen LogP contribution < -0.4 is 14.0 Å². The molecule has 3 heterocycles. The van der Waals surface area contributed by atoms with Crippen molar-refractivity contribution in [2.45, 2.75) is 39.8 Å². The molecule has 32 heavy (non-hydrogen) atoms. The van der Waals surface area contributed by atoms with Crippen molar-refractivity contribution < 1.29 is 28.4 Å². The van der Waals surface area contributed by atoms with Crippen molar-refractivity contribution in [1.29, 1.82) is 0 Å². The van der Waals surface area contributed by atoms with Gasteiger partial charge in [-0.05, 0) is 39.8 Å². The molecule has 2 atom stereocenters. The molecule has 168 valence electrons. The van der Waals surface area contributed by atoms with Gasteiger partial charge >= 0.3 is 12.0 Å². The Morgan fingerprint density at radius 1 is 1.19 bits per heavy atom. The van der Waals surface area contributed by atoms with Crippen molar-refractivity contribution in [3.63, 3.8) is 0 Å². The molecule has 10 heteroatoms. The van der Waals surface area contributed by atoms with Crippen molar-refractivity contribution in [2.75, 3.05) is 21.3 Å². The first kappa shape index (κ1) is 21.5. The van der Waals surface area contributed by atoms with Crippen LogP contribution in [-0.2, 0) is 9.59 Å². The first-order valence-corrected chi connectivity index (χ1v) is 10.2. The van der Waals surface area contributed by atoms with Crippen LogP contribution in [0.15, 0.2) is 23.2 Å². The van der Waals surface area contributed by atoms with E-state index in [1.807, 2.05) is 24.5 Å². The van der Waals surface area contributed by atoms with Crippen molar-refractivity contribution in [2.24, 2.45) is 4.99 Å². The molecule has 0 N–H and O–H groups in total. The highest BCUT2D eigenvalue weighted by Crippen LogP contribution is 2.37. The van der Waals surface area contributed by atoms with Gasteiger partial charge in [-0.1, -0.05) is 4.99 Å². The fourth-order valence-electron chi connectivity index (χ4n) is 4.20. The molecule has 2 aliphatic rings. The van der Waals surface area contributed by atoms with Crippen molar-refractivity contribution in [1.82, 2.24) is 14.4 Å². The predicted octanol–water partition coefficient (Wildman–Crippen LogP) is 1.86. The lowest BCUT2D eigenvalue weighted by atomic mass is 10.1. The van der Waals surface area contributed by atoms with Gasteiger partial charge in [0.2, 0.25) is 11.9 Å². The summed E-state index contributed by atoms with van der Waals surface area (Å²) in [6.07, 6.45) is 0. The lowest BCUT2D eigenvalue weighted by molar-refractivity contribution is -0.682. The summed E-state index contributed by atoms with van der Waals surface area (Å²) in [6, 6.07) is 3.14. The van der Waals surface area contributed by atoms with Gasteiger partial charge in [-0.2, -0.15) is 4.57 Å². The minimum atomic E-state index is -0.870. The van der Waals surface area contributed by atoms with Crippen LogP contribution in [0, 0.1) is 13.8 Å². The van der Waals surface area contributed by atoms with Crippen LogP contribution in [0.1, 0.15) is 31.3 Å². The van der Waals surface area contributed by atoms with Crippen LogP contribution >= 0.6 is 0 Å². The summed E-state index contributed by atoms with van der Waals surface area (Å²) < 4.78 is 14.6. The number of rotatable bonds is 5. The number of methoxy groups -OCH3 is 2. The van der Waals surface area contributed by atoms with Gasteiger partial charge in [0.05, 0.1) is 20.3 Å². The second kappa shape index (κ2) is 7.47. The minimum Gasteiger partial charge on any atom is -0.497 e. The maximum atomic E-state index is 13.5. The Bertz CT molecular complexity index is 1200. The number of hydrogen-bond acceptors (Lipinski definition) is 6. The van der Waals surface area contributed by atoms with E-state index in [0.717, 1.165) is 16.3 Å². The van der Waals surface area contributed by atoms with Gasteiger partial charge in [0.25, 0.3) is 5.91 Å². The number of carbonyl (C=O) groups excluding carboxylic acids is 3. The van der Waals surface area contributed by atoms with E-state index < -0.39 is 24.0 Å². The zero-order chi connectivity index (χ0) is 23.5. The summed E-state index contributed by atoms with van der Waals surface area (Å²) in [7, 11) is 4.72. The molecule has 1 aromatic carbocycles. The Kier molecular flexibility index (Phi) is 5.03. The monoisotopic (exact) mass is 440 g/mol. The number of imide groups is 1. The highest BCUT2D eigenvalue weighted by Gasteiger charge is 2.55. The molecule has 1 aromatic heterocycles. The fraction of sp³-hybridized carbons (Fsp3) is 0.409. The molecule has 0 saturated carbocycles. The van der Waals surface area contributed by atoms with Gasteiger partial charge in [0.15, 0.2) is 17.2 Å². The van der Waals surface area contributed by atoms with E-state index in [9.17, 15) is 14.4 Å². The second-order valence-electron chi connectivity index (χ2n) is 7.92. The summed E-state index contributed by atoms with van der Waals surface area (Å²) in [4.78, 5) is 45.5. The molecule has 1 fully saturated rings. The third-order valence-corrected chi connectivity index (χ3v) is 6.26. The number of amides is 3. The van der Waals surface area contributed by atoms with Gasteiger partial charge in [0.1, 0.15) is 17.1 Å². The first-order valence-electron chi connectivity index (χ1n) is 10.2. The van der Waals surface area contributed by atoms with Crippen molar-refractivity contribution in [3.8, 4) is 17.2 Å². The highest BCUT2D eigenvalue weighted by atomic mass is 16.5. The number of carbonyl (C=O) groups is 3. The maximum absolute atomic E-state index is 13.5. The number of urea groups is 1. The Morgan fingerprint density at radius 2 is 1.88 bits per heavy atom. The van der Waals surface area contributed by atoms with Crippen LogP contribution in [-0.4, -0.2) is 65.2 Å². The summed E-state index contributed by atoms with van der Waals surface area (Å²) in [6.45, 7) is 6.73. The maximum Gasteiger partial charge on any atom is 0.407 e. The SMILES string of the molecule is COc1ccc(OC)c(-n2c(C)c(C)[n+]3c2N=C2C3C(=O)N(C(C)C(C)=O)C(=O)N2C)c1. The molecule has 3 amide bonds. The summed E-state index contributed by atoms with van der Waals surface area (Å²) in [5.41, 5.74) is 2.35. The fourth-order valence-corrected chi connectivity index (χ4v) is 4.20. The average Bonchev–Trinajstić information content (AvgIpc) is 3.27. The first-order chi connectivity index (χ1) is 15.1. The van der Waals surface area contributed by atoms with Gasteiger partial charge < -0.3 is 9.47 Å². The second-order valence-corrected chi connectivity index (χ2v) is 7.92. The summed E-state index contributed by atoms with van der Waals surface area (Å²) in [5.74, 6) is 1.30. The lowest BCUT2D eigenvalue weighted by Crippen LogP contribution is -2.65. The predicted molar refractivity (Wildman–Crippen MR) is 115 cm³/mol. The quantitative estimate of drug-likeness (QED) is 0.661. The van der Waals surface area contributed by atoms with Crippen molar-refractivity contribution in [3.05, 3.63) is 29.6 Å². The van der Waals surface area contributed by atoms with Crippen LogP contribution in [0.25, 0.3) is 5.69 Å². The summed E-state index contributed by atoms with van der Waals surface area (Å²) >= 11 is 0. The number of amidine groups is 1. The molecule has 0 spiro atoms. The number of Topliss-reactive ketones (excluding diaryl/α,β-unsaturated/α-hetero) is 1. The molecule has 0 bridgehead atoms. The van der Waals surface area contributed by atoms with Crippen LogP contribution in [0.2, 0.25) is 0 Å². The van der Waals surface area contributed by atoms with E-state index in [2.05, 4.69) is 0 Å². The van der Waals surface area contributed by atoms with E-state index in [-0.39, 0.29) is 5.78 Å². The largest absolute Gasteiger partial charge is 0.497 e. The normalized spacial score (nSPS) is 18.3. The molecule has 10 nitrogen and oxygen atoms in total. The molecule has 2 aliphatic heterocycles. The zero-order valence-corrected chi connectivity index (χ0v) is 19.2. The number of hydrogen-bond donors (Lipinski definition) is 0. The average molecular weight is 440 g/mol. The van der Waals surface area contributed by atoms with Gasteiger partial charge in [-0.25, -0.2) is 14.3 Å². The van der Waals surface area contributed by atoms with Crippen LogP contribution in [0.4, 0.5) is 10.7 Å². The minimum absolute atomic E-state index is 0.268. The Hall–Kier alpha value is -3.69. The number of likely N-dealkylation sites (N-methyl/N-ethyl adjacent to an activating group) is 1. The Morgan fingerprint density at radius 3 is 2.47 bits per heavy atom. The Balaban J connectivity index is 1.94. The standard InChI is InChI=1S/C22H26N5O5/c1-11-12(2)26-18-19(24(5)22(30)27(20(18)29)13(3)14(4)28)23-21(26)25(11)16-10-15(31-6)8-9-17(16)32-7/h8-10,13,18H,1-7H3/q+1. The smallest absolute Gasteiger partial charge is 0.407 e. The van der Waals surface area contributed by atoms with Crippen molar-refractivity contribution >= 4 is 29.5 Å². The molecule has 0 aliphatic carbocycles. The van der Waals surface area contributed by atoms with Gasteiger partial charge in [0, 0.05) is 13.1 Å². The lowest BCUT2D eigenvalue weighted by Gasteiger charge is -2.35. The molecule has 1 saturated heterocycles. The molecular formula is C22H26N5O5+. The number of imidazole rings is 1. The number of fused-ring (bicyclic) bond motifs is 3. The van der Waals surface area contributed by atoms with E-state index in [1.165, 1.54) is 11.8 Å². The van der Waals surface area contributed by atoms with Crippen LogP contribution in [0.3, 0.4) is 0 Å². The van der Waals surface area contributed by atoms with E-state index in [4.69, 9.17) is 14.5 Å². The third-order valence-electron chi connectivity index (χ3n) is 6.26.